The number of ether oxygens (including phenoxy) is 1. The maximum atomic E-state index is 13.2. The molecule has 0 N–H and O–H groups in total. The average molecular weight is 367 g/mol. The maximum Gasteiger partial charge on any atom is 0.224 e. The molecule has 0 saturated carbocycles. The smallest absolute Gasteiger partial charge is 0.224 e. The van der Waals surface area contributed by atoms with Gasteiger partial charge in [-0.2, -0.15) is 0 Å². The molecule has 1 fully saturated rings. The molecule has 0 bridgehead atoms. The summed E-state index contributed by atoms with van der Waals surface area (Å²) in [7, 11) is 3.80. The van der Waals surface area contributed by atoms with Crippen molar-refractivity contribution in [2.45, 2.75) is 44.8 Å². The van der Waals surface area contributed by atoms with E-state index < -0.39 is 0 Å². The minimum atomic E-state index is 0.191. The predicted molar refractivity (Wildman–Crippen MR) is 106 cm³/mol. The highest BCUT2D eigenvalue weighted by atomic mass is 16.5. The van der Waals surface area contributed by atoms with Gasteiger partial charge in [0.2, 0.25) is 5.91 Å². The van der Waals surface area contributed by atoms with Gasteiger partial charge in [-0.25, -0.2) is 0 Å². The summed E-state index contributed by atoms with van der Waals surface area (Å²) in [6.45, 7) is 2.20. The van der Waals surface area contributed by atoms with Gasteiger partial charge in [0.15, 0.2) is 0 Å². The molecular formula is C22H29N3O2. The highest BCUT2D eigenvalue weighted by molar-refractivity contribution is 5.77. The number of hydrogen-bond acceptors (Lipinski definition) is 4. The first-order valence-corrected chi connectivity index (χ1v) is 9.66. The van der Waals surface area contributed by atoms with Gasteiger partial charge in [0.25, 0.3) is 0 Å². The lowest BCUT2D eigenvalue weighted by Crippen LogP contribution is -2.41. The molecule has 1 saturated heterocycles. The minimum Gasteiger partial charge on any atom is -0.496 e. The van der Waals surface area contributed by atoms with Crippen molar-refractivity contribution in [1.29, 1.82) is 0 Å². The summed E-state index contributed by atoms with van der Waals surface area (Å²) in [6, 6.07) is 12.2. The van der Waals surface area contributed by atoms with Crippen LogP contribution in [0.1, 0.15) is 36.8 Å². The molecule has 0 aliphatic carbocycles. The lowest BCUT2D eigenvalue weighted by molar-refractivity contribution is -0.134. The third-order valence-corrected chi connectivity index (χ3v) is 5.36. The molecule has 1 aromatic heterocycles. The Balaban J connectivity index is 1.77. The molecule has 1 aromatic carbocycles. The zero-order valence-electron chi connectivity index (χ0n) is 16.3. The normalized spacial score (nSPS) is 17.5. The van der Waals surface area contributed by atoms with Crippen LogP contribution in [-0.2, 0) is 17.9 Å². The SMILES string of the molecule is COc1ccccc1CN(Cc1ccncc1)C(=O)C[C@@H]1CCCCN1C. The van der Waals surface area contributed by atoms with Gasteiger partial charge >= 0.3 is 0 Å². The number of amides is 1. The van der Waals surface area contributed by atoms with Gasteiger partial charge < -0.3 is 14.5 Å². The highest BCUT2D eigenvalue weighted by Gasteiger charge is 2.25. The monoisotopic (exact) mass is 367 g/mol. The molecule has 2 aromatic rings. The van der Waals surface area contributed by atoms with Gasteiger partial charge in [-0.3, -0.25) is 9.78 Å². The van der Waals surface area contributed by atoms with Crippen LogP contribution in [0.15, 0.2) is 48.8 Å². The summed E-state index contributed by atoms with van der Waals surface area (Å²) in [6.07, 6.45) is 7.64. The topological polar surface area (TPSA) is 45.7 Å². The molecule has 0 radical (unpaired) electrons. The van der Waals surface area contributed by atoms with Gasteiger partial charge in [-0.1, -0.05) is 24.6 Å². The van der Waals surface area contributed by atoms with Crippen LogP contribution in [0.25, 0.3) is 0 Å². The quantitative estimate of drug-likeness (QED) is 0.751. The van der Waals surface area contributed by atoms with E-state index >= 15 is 0 Å². The van der Waals surface area contributed by atoms with Crippen LogP contribution in [0.3, 0.4) is 0 Å². The number of likely N-dealkylation sites (tertiary alicyclic amines) is 1. The predicted octanol–water partition coefficient (Wildman–Crippen LogP) is 3.49. The van der Waals surface area contributed by atoms with Crippen LogP contribution in [-0.4, -0.2) is 47.4 Å². The molecule has 1 aliphatic heterocycles. The number of carbonyl (C=O) groups excluding carboxylic acids is 1. The number of aromatic nitrogens is 1. The lowest BCUT2D eigenvalue weighted by atomic mass is 9.99. The number of pyridine rings is 1. The van der Waals surface area contributed by atoms with Crippen LogP contribution in [0.2, 0.25) is 0 Å². The number of methoxy groups -OCH3 is 1. The van der Waals surface area contributed by atoms with Crippen molar-refractivity contribution in [3.63, 3.8) is 0 Å². The van der Waals surface area contributed by atoms with E-state index in [0.29, 0.717) is 25.6 Å². The molecule has 3 rings (SSSR count). The highest BCUT2D eigenvalue weighted by Crippen LogP contribution is 2.23. The summed E-state index contributed by atoms with van der Waals surface area (Å²) >= 11 is 0. The fourth-order valence-corrected chi connectivity index (χ4v) is 3.71. The van der Waals surface area contributed by atoms with Gasteiger partial charge in [0.1, 0.15) is 5.75 Å². The number of piperidine rings is 1. The van der Waals surface area contributed by atoms with Crippen molar-refractivity contribution in [3.8, 4) is 5.75 Å². The fourth-order valence-electron chi connectivity index (χ4n) is 3.71. The lowest BCUT2D eigenvalue weighted by Gasteiger charge is -2.34. The van der Waals surface area contributed by atoms with Crippen molar-refractivity contribution >= 4 is 5.91 Å². The molecule has 0 spiro atoms. The zero-order chi connectivity index (χ0) is 19.1. The largest absolute Gasteiger partial charge is 0.496 e. The fraction of sp³-hybridized carbons (Fsp3) is 0.455. The number of nitrogens with zero attached hydrogens (tertiary/aromatic N) is 3. The van der Waals surface area contributed by atoms with E-state index in [1.165, 1.54) is 12.8 Å². The van der Waals surface area contributed by atoms with Crippen LogP contribution >= 0.6 is 0 Å². The Labute approximate surface area is 162 Å². The van der Waals surface area contributed by atoms with E-state index in [1.54, 1.807) is 19.5 Å². The molecule has 1 aliphatic rings. The second kappa shape index (κ2) is 9.51. The minimum absolute atomic E-state index is 0.191. The third-order valence-electron chi connectivity index (χ3n) is 5.36. The summed E-state index contributed by atoms with van der Waals surface area (Å²) in [5.74, 6) is 1.01. The molecule has 1 atom stereocenters. The molecule has 5 heteroatoms. The second-order valence-corrected chi connectivity index (χ2v) is 7.25. The van der Waals surface area contributed by atoms with E-state index in [4.69, 9.17) is 4.74 Å². The Bertz CT molecular complexity index is 735. The van der Waals surface area contributed by atoms with Crippen LogP contribution in [0.4, 0.5) is 0 Å². The van der Waals surface area contributed by atoms with Crippen molar-refractivity contribution < 1.29 is 9.53 Å². The first kappa shape index (κ1) is 19.4. The number of para-hydroxylation sites is 1. The molecule has 1 amide bonds. The van der Waals surface area contributed by atoms with Gasteiger partial charge in [-0.15, -0.1) is 0 Å². The van der Waals surface area contributed by atoms with E-state index in [2.05, 4.69) is 16.9 Å². The summed E-state index contributed by atoms with van der Waals surface area (Å²) in [5.41, 5.74) is 2.12. The Morgan fingerprint density at radius 1 is 1.19 bits per heavy atom. The molecule has 0 unspecified atom stereocenters. The molecule has 27 heavy (non-hydrogen) atoms. The number of rotatable bonds is 7. The molecule has 144 valence electrons. The Kier molecular flexibility index (Phi) is 6.82. The summed E-state index contributed by atoms with van der Waals surface area (Å²) in [5, 5.41) is 0. The first-order valence-electron chi connectivity index (χ1n) is 9.66. The van der Waals surface area contributed by atoms with Crippen LogP contribution in [0.5, 0.6) is 5.75 Å². The third kappa shape index (κ3) is 5.30. The van der Waals surface area contributed by atoms with Gasteiger partial charge in [0, 0.05) is 43.5 Å². The van der Waals surface area contributed by atoms with Crippen LogP contribution in [0, 0.1) is 0 Å². The van der Waals surface area contributed by atoms with E-state index in [1.807, 2.05) is 41.3 Å². The molecule has 5 nitrogen and oxygen atoms in total. The summed E-state index contributed by atoms with van der Waals surface area (Å²) in [4.78, 5) is 21.6. The number of carbonyl (C=O) groups is 1. The number of benzene rings is 1. The van der Waals surface area contributed by atoms with Crippen molar-refractivity contribution in [2.75, 3.05) is 20.7 Å². The molecular weight excluding hydrogens is 338 g/mol. The summed E-state index contributed by atoms with van der Waals surface area (Å²) < 4.78 is 5.49. The maximum absolute atomic E-state index is 13.2. The Morgan fingerprint density at radius 3 is 2.70 bits per heavy atom. The van der Waals surface area contributed by atoms with Crippen LogP contribution < -0.4 is 4.74 Å². The Morgan fingerprint density at radius 2 is 1.96 bits per heavy atom. The van der Waals surface area contributed by atoms with E-state index in [-0.39, 0.29) is 5.91 Å². The molecule has 2 heterocycles. The zero-order valence-corrected chi connectivity index (χ0v) is 16.3. The van der Waals surface area contributed by atoms with E-state index in [9.17, 15) is 4.79 Å². The number of hydrogen-bond donors (Lipinski definition) is 0. The van der Waals surface area contributed by atoms with Crippen molar-refractivity contribution in [2.24, 2.45) is 0 Å². The van der Waals surface area contributed by atoms with E-state index in [0.717, 1.165) is 29.8 Å². The standard InChI is InChI=1S/C22H29N3O2/c1-24-14-6-5-8-20(24)15-22(26)25(16-18-10-12-23-13-11-18)17-19-7-3-4-9-21(19)27-2/h3-4,7,9-13,20H,5-6,8,14-17H2,1-2H3/t20-/m0/s1. The second-order valence-electron chi connectivity index (χ2n) is 7.25. The van der Waals surface area contributed by atoms with Crippen molar-refractivity contribution in [3.05, 3.63) is 59.9 Å². The van der Waals surface area contributed by atoms with Gasteiger partial charge in [-0.05, 0) is 50.2 Å². The average Bonchev–Trinajstić information content (AvgIpc) is 2.70. The Hall–Kier alpha value is -2.40. The van der Waals surface area contributed by atoms with Gasteiger partial charge in [0.05, 0.1) is 7.11 Å². The first-order chi connectivity index (χ1) is 13.2. The van der Waals surface area contributed by atoms with Crippen molar-refractivity contribution in [1.82, 2.24) is 14.8 Å².